The number of amides is 2. The Kier molecular flexibility index (Phi) is 4.72. The number of rotatable bonds is 4. The topological polar surface area (TPSA) is 100 Å². The van der Waals surface area contributed by atoms with Gasteiger partial charge in [0.15, 0.2) is 12.8 Å². The van der Waals surface area contributed by atoms with Crippen molar-refractivity contribution in [2.45, 2.75) is 25.5 Å². The summed E-state index contributed by atoms with van der Waals surface area (Å²) in [7, 11) is 0. The Morgan fingerprint density at radius 3 is 3.07 bits per heavy atom. The standard InChI is InChI=1S/C19H21N3O5/c23-17-11-26-16-7-6-13(18(24)21-25)8-15(16)22(17)9-14-10-27-19(20-14)12-4-2-1-3-5-12/h2,4,6-8,10,12,19-20,25H,1,3,5,9,11H2,(H,21,24). The lowest BCUT2D eigenvalue weighted by atomic mass is 9.94. The molecule has 2 amide bonds. The van der Waals surface area contributed by atoms with E-state index in [2.05, 4.69) is 17.5 Å². The molecule has 8 heteroatoms. The minimum atomic E-state index is -0.651. The third-order valence-electron chi connectivity index (χ3n) is 4.96. The first-order valence-corrected chi connectivity index (χ1v) is 8.95. The molecule has 2 atom stereocenters. The van der Waals surface area contributed by atoms with Crippen molar-refractivity contribution in [2.24, 2.45) is 5.92 Å². The summed E-state index contributed by atoms with van der Waals surface area (Å²) < 4.78 is 11.2. The van der Waals surface area contributed by atoms with Gasteiger partial charge in [-0.1, -0.05) is 12.2 Å². The first-order chi connectivity index (χ1) is 13.2. The van der Waals surface area contributed by atoms with Crippen molar-refractivity contribution < 1.29 is 24.3 Å². The fourth-order valence-electron chi connectivity index (χ4n) is 3.54. The molecule has 2 unspecified atom stereocenters. The summed E-state index contributed by atoms with van der Waals surface area (Å²) >= 11 is 0. The van der Waals surface area contributed by atoms with Gasteiger partial charge in [-0.25, -0.2) is 5.48 Å². The molecule has 0 radical (unpaired) electrons. The summed E-state index contributed by atoms with van der Waals surface area (Å²) in [6, 6.07) is 4.66. The second-order valence-corrected chi connectivity index (χ2v) is 6.76. The fourth-order valence-corrected chi connectivity index (χ4v) is 3.54. The van der Waals surface area contributed by atoms with E-state index >= 15 is 0 Å². The zero-order valence-corrected chi connectivity index (χ0v) is 14.7. The number of carbonyl (C=O) groups excluding carboxylic acids is 2. The van der Waals surface area contributed by atoms with E-state index in [9.17, 15) is 9.59 Å². The third-order valence-corrected chi connectivity index (χ3v) is 4.96. The van der Waals surface area contributed by atoms with Crippen LogP contribution < -0.4 is 20.4 Å². The third kappa shape index (κ3) is 3.48. The van der Waals surface area contributed by atoms with E-state index in [-0.39, 0.29) is 30.9 Å². The van der Waals surface area contributed by atoms with Gasteiger partial charge in [-0.3, -0.25) is 19.7 Å². The number of nitrogens with one attached hydrogen (secondary N) is 2. The molecule has 3 aliphatic rings. The van der Waals surface area contributed by atoms with Crippen LogP contribution in [0.2, 0.25) is 0 Å². The van der Waals surface area contributed by atoms with Crippen molar-refractivity contribution in [1.29, 1.82) is 0 Å². The van der Waals surface area contributed by atoms with Crippen molar-refractivity contribution in [3.05, 3.63) is 47.9 Å². The molecule has 0 fully saturated rings. The number of hydrogen-bond donors (Lipinski definition) is 3. The van der Waals surface area contributed by atoms with E-state index < -0.39 is 5.91 Å². The summed E-state index contributed by atoms with van der Waals surface area (Å²) in [6.07, 6.45) is 9.18. The molecule has 142 valence electrons. The number of ether oxygens (including phenoxy) is 2. The number of anilines is 1. The highest BCUT2D eigenvalue weighted by Crippen LogP contribution is 2.34. The maximum atomic E-state index is 12.4. The predicted octanol–water partition coefficient (Wildman–Crippen LogP) is 1.67. The zero-order valence-electron chi connectivity index (χ0n) is 14.7. The molecule has 0 aromatic heterocycles. The first-order valence-electron chi connectivity index (χ1n) is 8.95. The van der Waals surface area contributed by atoms with Crippen molar-refractivity contribution in [1.82, 2.24) is 10.8 Å². The molecule has 3 N–H and O–H groups in total. The van der Waals surface area contributed by atoms with Gasteiger partial charge >= 0.3 is 0 Å². The summed E-state index contributed by atoms with van der Waals surface area (Å²) in [5.74, 6) is -0.0513. The molecule has 27 heavy (non-hydrogen) atoms. The van der Waals surface area contributed by atoms with Crippen LogP contribution in [0.15, 0.2) is 42.3 Å². The molecule has 1 aliphatic carbocycles. The SMILES string of the molecule is O=C(NO)c1ccc2c(c1)N(CC1=COC(C3C=CCCC3)N1)C(=O)CO2. The number of hydroxylamine groups is 1. The summed E-state index contributed by atoms with van der Waals surface area (Å²) in [4.78, 5) is 25.7. The molecule has 1 aromatic rings. The number of fused-ring (bicyclic) bond motifs is 1. The van der Waals surface area contributed by atoms with Crippen LogP contribution in [0.3, 0.4) is 0 Å². The van der Waals surface area contributed by atoms with Crippen molar-refractivity contribution in [3.63, 3.8) is 0 Å². The van der Waals surface area contributed by atoms with Gasteiger partial charge in [0.1, 0.15) is 12.0 Å². The molecule has 8 nitrogen and oxygen atoms in total. The summed E-state index contributed by atoms with van der Waals surface area (Å²) in [6.45, 7) is 0.216. The quantitative estimate of drug-likeness (QED) is 0.423. The molecule has 0 spiro atoms. The van der Waals surface area contributed by atoms with E-state index in [4.69, 9.17) is 14.7 Å². The minimum Gasteiger partial charge on any atom is -0.482 e. The number of carbonyl (C=O) groups is 2. The van der Waals surface area contributed by atoms with Crippen LogP contribution in [0.5, 0.6) is 5.75 Å². The Labute approximate surface area is 156 Å². The van der Waals surface area contributed by atoms with E-state index in [1.807, 2.05) is 0 Å². The molecule has 2 aliphatic heterocycles. The Morgan fingerprint density at radius 2 is 2.30 bits per heavy atom. The van der Waals surface area contributed by atoms with E-state index in [0.717, 1.165) is 25.0 Å². The van der Waals surface area contributed by atoms with E-state index in [1.54, 1.807) is 22.7 Å². The molecule has 0 saturated carbocycles. The van der Waals surface area contributed by atoms with Gasteiger partial charge in [0.2, 0.25) is 0 Å². The fraction of sp³-hybridized carbons (Fsp3) is 0.368. The van der Waals surface area contributed by atoms with Crippen LogP contribution in [0.1, 0.15) is 29.6 Å². The van der Waals surface area contributed by atoms with E-state index in [0.29, 0.717) is 17.4 Å². The van der Waals surface area contributed by atoms with Gasteiger partial charge in [-0.2, -0.15) is 0 Å². The Hall–Kier alpha value is -3.00. The molecule has 2 heterocycles. The molecule has 0 saturated heterocycles. The van der Waals surface area contributed by atoms with Crippen LogP contribution in [-0.2, 0) is 9.53 Å². The molecule has 0 bridgehead atoms. The number of hydrogen-bond acceptors (Lipinski definition) is 6. The first kappa shape index (κ1) is 17.4. The highest BCUT2D eigenvalue weighted by atomic mass is 16.5. The number of benzene rings is 1. The lowest BCUT2D eigenvalue weighted by molar-refractivity contribution is -0.121. The minimum absolute atomic E-state index is 0.0680. The van der Waals surface area contributed by atoms with Crippen molar-refractivity contribution >= 4 is 17.5 Å². The average Bonchev–Trinajstić information content (AvgIpc) is 3.18. The van der Waals surface area contributed by atoms with Gasteiger partial charge in [0.05, 0.1) is 17.9 Å². The Morgan fingerprint density at radius 1 is 1.41 bits per heavy atom. The van der Waals surface area contributed by atoms with Gasteiger partial charge in [-0.15, -0.1) is 0 Å². The summed E-state index contributed by atoms with van der Waals surface area (Å²) in [5.41, 5.74) is 3.10. The van der Waals surface area contributed by atoms with E-state index in [1.165, 1.54) is 12.1 Å². The average molecular weight is 371 g/mol. The molecular weight excluding hydrogens is 350 g/mol. The van der Waals surface area contributed by atoms with Crippen LogP contribution in [-0.4, -0.2) is 36.4 Å². The maximum Gasteiger partial charge on any atom is 0.274 e. The van der Waals surface area contributed by atoms with Crippen LogP contribution in [0, 0.1) is 5.92 Å². The van der Waals surface area contributed by atoms with Crippen LogP contribution in [0.25, 0.3) is 0 Å². The lowest BCUT2D eigenvalue weighted by Crippen LogP contribution is -2.42. The summed E-state index contributed by atoms with van der Waals surface area (Å²) in [5, 5.41) is 12.2. The second kappa shape index (κ2) is 7.32. The van der Waals surface area contributed by atoms with Crippen LogP contribution >= 0.6 is 0 Å². The number of allylic oxidation sites excluding steroid dienone is 1. The van der Waals surface area contributed by atoms with Gasteiger partial charge in [0, 0.05) is 11.5 Å². The van der Waals surface area contributed by atoms with Gasteiger partial charge in [0.25, 0.3) is 11.8 Å². The largest absolute Gasteiger partial charge is 0.482 e. The monoisotopic (exact) mass is 371 g/mol. The zero-order chi connectivity index (χ0) is 18.8. The highest BCUT2D eigenvalue weighted by molar-refractivity contribution is 6.01. The second-order valence-electron chi connectivity index (χ2n) is 6.76. The Bertz CT molecular complexity index is 820. The van der Waals surface area contributed by atoms with Crippen molar-refractivity contribution in [3.8, 4) is 5.75 Å². The van der Waals surface area contributed by atoms with Crippen LogP contribution in [0.4, 0.5) is 5.69 Å². The lowest BCUT2D eigenvalue weighted by Gasteiger charge is -2.30. The predicted molar refractivity (Wildman–Crippen MR) is 96.1 cm³/mol. The van der Waals surface area contributed by atoms with Gasteiger partial charge in [-0.05, 0) is 37.5 Å². The molecule has 1 aromatic carbocycles. The maximum absolute atomic E-state index is 12.4. The van der Waals surface area contributed by atoms with Crippen molar-refractivity contribution in [2.75, 3.05) is 18.1 Å². The molecular formula is C19H21N3O5. The smallest absolute Gasteiger partial charge is 0.274 e. The molecule has 4 rings (SSSR count). The van der Waals surface area contributed by atoms with Gasteiger partial charge < -0.3 is 14.8 Å². The Balaban J connectivity index is 1.51. The normalized spacial score (nSPS) is 23.7. The number of nitrogens with zero attached hydrogens (tertiary/aromatic N) is 1. The highest BCUT2D eigenvalue weighted by Gasteiger charge is 2.31.